The first kappa shape index (κ1) is 15.3. The monoisotopic (exact) mass is 299 g/mol. The molecule has 4 nitrogen and oxygen atoms in total. The molecule has 18 heavy (non-hydrogen) atoms. The van der Waals surface area contributed by atoms with E-state index in [1.54, 1.807) is 0 Å². The maximum atomic E-state index is 13.8. The van der Waals surface area contributed by atoms with Gasteiger partial charge in [0.05, 0.1) is 12.5 Å². The Balaban J connectivity index is 3.10. The van der Waals surface area contributed by atoms with Crippen LogP contribution in [0.2, 0.25) is 0 Å². The largest absolute Gasteiger partial charge is 0.383 e. The van der Waals surface area contributed by atoms with E-state index >= 15 is 0 Å². The van der Waals surface area contributed by atoms with Crippen LogP contribution in [0.4, 0.5) is 8.78 Å². The highest BCUT2D eigenvalue weighted by molar-refractivity contribution is 7.89. The number of methoxy groups -OCH3 is 1. The zero-order valence-corrected chi connectivity index (χ0v) is 11.1. The molecule has 0 saturated heterocycles. The van der Waals surface area contributed by atoms with E-state index in [1.807, 2.05) is 0 Å². The molecular formula is C10H12ClF2NO3S. The summed E-state index contributed by atoms with van der Waals surface area (Å²) in [5.41, 5.74) is -0.466. The van der Waals surface area contributed by atoms with Crippen molar-refractivity contribution in [3.8, 4) is 0 Å². The Hall–Kier alpha value is -0.760. The van der Waals surface area contributed by atoms with Crippen molar-refractivity contribution in [3.63, 3.8) is 0 Å². The zero-order valence-electron chi connectivity index (χ0n) is 9.54. The molecule has 1 aromatic carbocycles. The molecule has 0 aliphatic rings. The van der Waals surface area contributed by atoms with Crippen molar-refractivity contribution in [3.05, 3.63) is 29.3 Å². The molecule has 1 aromatic rings. The lowest BCUT2D eigenvalue weighted by Gasteiger charge is -2.09. The van der Waals surface area contributed by atoms with Crippen LogP contribution in [0.5, 0.6) is 0 Å². The van der Waals surface area contributed by atoms with Gasteiger partial charge >= 0.3 is 0 Å². The van der Waals surface area contributed by atoms with Crippen molar-refractivity contribution in [2.45, 2.75) is 10.8 Å². The summed E-state index contributed by atoms with van der Waals surface area (Å²) in [6, 6.07) is 1.72. The van der Waals surface area contributed by atoms with E-state index in [4.69, 9.17) is 11.6 Å². The van der Waals surface area contributed by atoms with Gasteiger partial charge in [0.25, 0.3) is 0 Å². The van der Waals surface area contributed by atoms with Gasteiger partial charge in [-0.25, -0.2) is 21.9 Å². The van der Waals surface area contributed by atoms with Crippen LogP contribution in [0.15, 0.2) is 17.0 Å². The van der Waals surface area contributed by atoms with Crippen molar-refractivity contribution in [2.24, 2.45) is 0 Å². The van der Waals surface area contributed by atoms with Gasteiger partial charge in [-0.05, 0) is 12.1 Å². The zero-order chi connectivity index (χ0) is 13.8. The van der Waals surface area contributed by atoms with Crippen LogP contribution < -0.4 is 4.72 Å². The number of benzene rings is 1. The third-order valence-electron chi connectivity index (χ3n) is 2.17. The molecule has 0 aliphatic carbocycles. The second-order valence-electron chi connectivity index (χ2n) is 3.36. The van der Waals surface area contributed by atoms with Gasteiger partial charge in [-0.15, -0.1) is 11.6 Å². The lowest BCUT2D eigenvalue weighted by molar-refractivity contribution is 0.204. The molecule has 0 aliphatic heterocycles. The molecule has 0 atom stereocenters. The summed E-state index contributed by atoms with van der Waals surface area (Å²) in [5, 5.41) is 0. The highest BCUT2D eigenvalue weighted by atomic mass is 35.5. The standard InChI is InChI=1S/C10H12ClF2NO3S/c1-17-5-4-14-18(15,16)9-3-2-8(12)7(6-11)10(9)13/h2-3,14H,4-6H2,1H3. The molecule has 1 N–H and O–H groups in total. The maximum absolute atomic E-state index is 13.8. The van der Waals surface area contributed by atoms with E-state index in [0.29, 0.717) is 0 Å². The fourth-order valence-electron chi connectivity index (χ4n) is 1.26. The normalized spacial score (nSPS) is 11.8. The maximum Gasteiger partial charge on any atom is 0.243 e. The van der Waals surface area contributed by atoms with Gasteiger partial charge in [0.15, 0.2) is 5.82 Å². The number of hydrogen-bond donors (Lipinski definition) is 1. The number of rotatable bonds is 6. The topological polar surface area (TPSA) is 55.4 Å². The Kier molecular flexibility index (Phi) is 5.46. The van der Waals surface area contributed by atoms with Crippen LogP contribution in [-0.2, 0) is 20.6 Å². The summed E-state index contributed by atoms with van der Waals surface area (Å²) in [6.07, 6.45) is 0. The molecule has 1 rings (SSSR count). The molecule has 0 bridgehead atoms. The van der Waals surface area contributed by atoms with E-state index in [-0.39, 0.29) is 13.2 Å². The molecular weight excluding hydrogens is 288 g/mol. The van der Waals surface area contributed by atoms with Crippen LogP contribution in [0, 0.1) is 11.6 Å². The van der Waals surface area contributed by atoms with Crippen LogP contribution in [0.25, 0.3) is 0 Å². The summed E-state index contributed by atoms with van der Waals surface area (Å²) >= 11 is 5.37. The fourth-order valence-corrected chi connectivity index (χ4v) is 2.62. The van der Waals surface area contributed by atoms with Crippen molar-refractivity contribution >= 4 is 21.6 Å². The van der Waals surface area contributed by atoms with Gasteiger partial charge in [0.2, 0.25) is 10.0 Å². The molecule has 0 unspecified atom stereocenters. The van der Waals surface area contributed by atoms with Crippen LogP contribution in [-0.4, -0.2) is 28.7 Å². The van der Waals surface area contributed by atoms with Gasteiger partial charge in [-0.2, -0.15) is 0 Å². The van der Waals surface area contributed by atoms with E-state index in [2.05, 4.69) is 9.46 Å². The average molecular weight is 300 g/mol. The van der Waals surface area contributed by atoms with Crippen LogP contribution in [0.3, 0.4) is 0 Å². The molecule has 0 amide bonds. The number of sulfonamides is 1. The predicted molar refractivity (Wildman–Crippen MR) is 63.0 cm³/mol. The Bertz CT molecular complexity index is 522. The van der Waals surface area contributed by atoms with E-state index in [1.165, 1.54) is 7.11 Å². The minimum absolute atomic E-state index is 0.00808. The van der Waals surface area contributed by atoms with E-state index < -0.39 is 38.0 Å². The Labute approximate surface area is 109 Å². The molecule has 0 saturated carbocycles. The third-order valence-corrected chi connectivity index (χ3v) is 3.92. The summed E-state index contributed by atoms with van der Waals surface area (Å²) < 4.78 is 57.2. The SMILES string of the molecule is COCCNS(=O)(=O)c1ccc(F)c(CCl)c1F. The number of nitrogens with one attached hydrogen (secondary N) is 1. The summed E-state index contributed by atoms with van der Waals surface area (Å²) in [6.45, 7) is 0.135. The Morgan fingerprint density at radius 1 is 1.39 bits per heavy atom. The van der Waals surface area contributed by atoms with Gasteiger partial charge in [0.1, 0.15) is 10.7 Å². The summed E-state index contributed by atoms with van der Waals surface area (Å²) in [7, 11) is -2.64. The van der Waals surface area contributed by atoms with E-state index in [9.17, 15) is 17.2 Å². The second kappa shape index (κ2) is 6.42. The smallest absolute Gasteiger partial charge is 0.243 e. The fraction of sp³-hybridized carbons (Fsp3) is 0.400. The summed E-state index contributed by atoms with van der Waals surface area (Å²) in [4.78, 5) is -0.629. The summed E-state index contributed by atoms with van der Waals surface area (Å²) in [5.74, 6) is -2.49. The first-order valence-corrected chi connectivity index (χ1v) is 6.97. The van der Waals surface area contributed by atoms with Crippen LogP contribution >= 0.6 is 11.6 Å². The number of alkyl halides is 1. The Morgan fingerprint density at radius 2 is 2.06 bits per heavy atom. The third kappa shape index (κ3) is 3.38. The van der Waals surface area contributed by atoms with Crippen molar-refractivity contribution in [1.82, 2.24) is 4.72 Å². The van der Waals surface area contributed by atoms with Gasteiger partial charge in [0, 0.05) is 19.2 Å². The molecule has 0 fully saturated rings. The average Bonchev–Trinajstić information content (AvgIpc) is 2.29. The molecule has 0 radical (unpaired) electrons. The van der Waals surface area contributed by atoms with Crippen molar-refractivity contribution in [1.29, 1.82) is 0 Å². The lowest BCUT2D eigenvalue weighted by atomic mass is 10.2. The lowest BCUT2D eigenvalue weighted by Crippen LogP contribution is -2.28. The molecule has 0 spiro atoms. The van der Waals surface area contributed by atoms with Crippen LogP contribution in [0.1, 0.15) is 5.56 Å². The number of ether oxygens (including phenoxy) is 1. The van der Waals surface area contributed by atoms with Crippen molar-refractivity contribution < 1.29 is 21.9 Å². The minimum Gasteiger partial charge on any atom is -0.383 e. The predicted octanol–water partition coefficient (Wildman–Crippen LogP) is 1.63. The number of halogens is 3. The first-order valence-electron chi connectivity index (χ1n) is 4.95. The molecule has 0 heterocycles. The van der Waals surface area contributed by atoms with E-state index in [0.717, 1.165) is 12.1 Å². The van der Waals surface area contributed by atoms with Gasteiger partial charge in [-0.1, -0.05) is 0 Å². The Morgan fingerprint density at radius 3 is 2.61 bits per heavy atom. The highest BCUT2D eigenvalue weighted by Gasteiger charge is 2.22. The highest BCUT2D eigenvalue weighted by Crippen LogP contribution is 2.22. The molecule has 102 valence electrons. The quantitative estimate of drug-likeness (QED) is 0.641. The molecule has 8 heteroatoms. The second-order valence-corrected chi connectivity index (χ2v) is 5.36. The van der Waals surface area contributed by atoms with Gasteiger partial charge in [-0.3, -0.25) is 0 Å². The van der Waals surface area contributed by atoms with Crippen molar-refractivity contribution in [2.75, 3.05) is 20.3 Å². The molecule has 0 aromatic heterocycles. The number of hydrogen-bond acceptors (Lipinski definition) is 3. The van der Waals surface area contributed by atoms with Gasteiger partial charge < -0.3 is 4.74 Å². The minimum atomic E-state index is -4.04. The first-order chi connectivity index (χ1) is 8.44.